The first-order chi connectivity index (χ1) is 13.4. The lowest BCUT2D eigenvalue weighted by Gasteiger charge is -2.43. The lowest BCUT2D eigenvalue weighted by Crippen LogP contribution is -2.56. The molecule has 1 aromatic rings. The summed E-state index contributed by atoms with van der Waals surface area (Å²) >= 11 is 6.06. The van der Waals surface area contributed by atoms with Crippen molar-refractivity contribution in [2.45, 2.75) is 37.3 Å². The molecule has 3 atom stereocenters. The van der Waals surface area contributed by atoms with Gasteiger partial charge in [-0.3, -0.25) is 24.1 Å². The maximum Gasteiger partial charge on any atom is 0.261 e. The number of Topliss-reactive ketones (excluding diaryl/α,β-unsaturated/α-hetero) is 1. The normalized spacial score (nSPS) is 31.5. The van der Waals surface area contributed by atoms with Gasteiger partial charge in [0.05, 0.1) is 27.6 Å². The van der Waals surface area contributed by atoms with Crippen molar-refractivity contribution < 1.29 is 19.2 Å². The zero-order chi connectivity index (χ0) is 19.6. The van der Waals surface area contributed by atoms with Crippen LogP contribution in [0.4, 0.5) is 0 Å². The number of rotatable bonds is 1. The van der Waals surface area contributed by atoms with E-state index in [2.05, 4.69) is 5.32 Å². The lowest BCUT2D eigenvalue weighted by atomic mass is 9.68. The predicted molar refractivity (Wildman–Crippen MR) is 101 cm³/mol. The van der Waals surface area contributed by atoms with E-state index in [0.29, 0.717) is 42.4 Å². The molecule has 3 amide bonds. The fourth-order valence-corrected chi connectivity index (χ4v) is 5.33. The van der Waals surface area contributed by atoms with Crippen LogP contribution in [0.2, 0.25) is 0 Å². The Morgan fingerprint density at radius 1 is 1.04 bits per heavy atom. The fourth-order valence-electron chi connectivity index (χ4n) is 5.16. The molecule has 2 heterocycles. The van der Waals surface area contributed by atoms with Crippen LogP contribution >= 0.6 is 11.6 Å². The zero-order valence-electron chi connectivity index (χ0n) is 14.9. The number of halogens is 1. The van der Waals surface area contributed by atoms with Crippen LogP contribution in [0, 0.1) is 5.92 Å². The number of fused-ring (bicyclic) bond motifs is 3. The van der Waals surface area contributed by atoms with Gasteiger partial charge in [0.25, 0.3) is 11.8 Å². The van der Waals surface area contributed by atoms with Crippen LogP contribution in [0.25, 0.3) is 0 Å². The number of amides is 3. The van der Waals surface area contributed by atoms with Crippen molar-refractivity contribution in [1.29, 1.82) is 0 Å². The molecule has 1 saturated carbocycles. The lowest BCUT2D eigenvalue weighted by molar-refractivity contribution is -0.120. The minimum atomic E-state index is -0.813. The van der Waals surface area contributed by atoms with E-state index in [1.54, 1.807) is 30.3 Å². The minimum absolute atomic E-state index is 0.104. The molecule has 1 saturated heterocycles. The molecule has 0 aromatic heterocycles. The summed E-state index contributed by atoms with van der Waals surface area (Å²) < 4.78 is 0. The third kappa shape index (κ3) is 2.21. The van der Waals surface area contributed by atoms with Gasteiger partial charge >= 0.3 is 0 Å². The van der Waals surface area contributed by atoms with Gasteiger partial charge in [-0.1, -0.05) is 29.8 Å². The highest BCUT2D eigenvalue weighted by atomic mass is 35.5. The summed E-state index contributed by atoms with van der Waals surface area (Å²) in [7, 11) is 0. The quantitative estimate of drug-likeness (QED) is 0.738. The molecule has 0 radical (unpaired) electrons. The third-order valence-corrected chi connectivity index (χ3v) is 6.66. The first kappa shape index (κ1) is 17.4. The van der Waals surface area contributed by atoms with Crippen molar-refractivity contribution in [2.75, 3.05) is 0 Å². The maximum atomic E-state index is 12.9. The monoisotopic (exact) mass is 396 g/mol. The maximum absolute atomic E-state index is 12.9. The van der Waals surface area contributed by atoms with Crippen LogP contribution < -0.4 is 5.32 Å². The number of imide groups is 1. The Bertz CT molecular complexity index is 992. The summed E-state index contributed by atoms with van der Waals surface area (Å²) in [4.78, 5) is 52.4. The van der Waals surface area contributed by atoms with Crippen molar-refractivity contribution >= 4 is 35.1 Å². The van der Waals surface area contributed by atoms with Crippen LogP contribution in [0.3, 0.4) is 0 Å². The number of ketones is 1. The average Bonchev–Trinajstić information content (AvgIpc) is 3.10. The molecule has 5 rings (SSSR count). The molecule has 1 N–H and O–H groups in total. The molecular formula is C21H17ClN2O4. The Labute approximate surface area is 166 Å². The smallest absolute Gasteiger partial charge is 0.261 e. The Morgan fingerprint density at radius 3 is 2.39 bits per heavy atom. The molecule has 2 unspecified atom stereocenters. The summed E-state index contributed by atoms with van der Waals surface area (Å²) in [6.07, 6.45) is 5.35. The van der Waals surface area contributed by atoms with Gasteiger partial charge in [0, 0.05) is 11.6 Å². The van der Waals surface area contributed by atoms with E-state index < -0.39 is 11.5 Å². The van der Waals surface area contributed by atoms with Gasteiger partial charge in [0.1, 0.15) is 0 Å². The molecule has 4 aliphatic rings. The summed E-state index contributed by atoms with van der Waals surface area (Å²) in [5, 5.41) is 3.10. The predicted octanol–water partition coefficient (Wildman–Crippen LogP) is 2.34. The van der Waals surface area contributed by atoms with Gasteiger partial charge in [-0.05, 0) is 43.9 Å². The Kier molecular flexibility index (Phi) is 3.65. The van der Waals surface area contributed by atoms with Crippen LogP contribution in [0.15, 0.2) is 47.0 Å². The van der Waals surface area contributed by atoms with Gasteiger partial charge in [-0.15, -0.1) is 0 Å². The van der Waals surface area contributed by atoms with Gasteiger partial charge < -0.3 is 5.32 Å². The van der Waals surface area contributed by atoms with Crippen molar-refractivity contribution in [3.05, 3.63) is 58.1 Å². The highest BCUT2D eigenvalue weighted by Crippen LogP contribution is 2.47. The van der Waals surface area contributed by atoms with Gasteiger partial charge in [0.2, 0.25) is 5.91 Å². The van der Waals surface area contributed by atoms with Gasteiger partial charge in [0.15, 0.2) is 5.78 Å². The molecule has 2 aliphatic heterocycles. The Balaban J connectivity index is 1.50. The molecule has 6 nitrogen and oxygen atoms in total. The average molecular weight is 397 g/mol. The number of carbonyl (C=O) groups excluding carboxylic acids is 4. The van der Waals surface area contributed by atoms with Gasteiger partial charge in [-0.25, -0.2) is 0 Å². The highest BCUT2D eigenvalue weighted by molar-refractivity contribution is 6.44. The van der Waals surface area contributed by atoms with Crippen molar-refractivity contribution in [3.63, 3.8) is 0 Å². The first-order valence-electron chi connectivity index (χ1n) is 9.34. The molecule has 1 aromatic carbocycles. The third-order valence-electron chi connectivity index (χ3n) is 6.35. The van der Waals surface area contributed by atoms with E-state index in [1.807, 2.05) is 0 Å². The minimum Gasteiger partial charge on any atom is -0.346 e. The molecule has 0 bridgehead atoms. The molecule has 2 aliphatic carbocycles. The summed E-state index contributed by atoms with van der Waals surface area (Å²) in [6, 6.07) is 6.40. The molecule has 2 fully saturated rings. The molecule has 142 valence electrons. The number of allylic oxidation sites excluding steroid dienone is 3. The number of carbonyl (C=O) groups is 4. The van der Waals surface area contributed by atoms with Crippen molar-refractivity contribution in [3.8, 4) is 0 Å². The zero-order valence-corrected chi connectivity index (χ0v) is 15.7. The van der Waals surface area contributed by atoms with Crippen molar-refractivity contribution in [1.82, 2.24) is 10.2 Å². The SMILES string of the molecule is O=C1NC2(CCC[C@H](N3C(=O)c4ccccc4C3=O)C2)C2C(=O)C(Cl)=CC=C12. The topological polar surface area (TPSA) is 83.6 Å². The number of hydrogen-bond acceptors (Lipinski definition) is 4. The largest absolute Gasteiger partial charge is 0.346 e. The molecule has 28 heavy (non-hydrogen) atoms. The summed E-state index contributed by atoms with van der Waals surface area (Å²) in [5.74, 6) is -1.84. The first-order valence-corrected chi connectivity index (χ1v) is 9.72. The number of hydrogen-bond donors (Lipinski definition) is 1. The van der Waals surface area contributed by atoms with Gasteiger partial charge in [-0.2, -0.15) is 0 Å². The van der Waals surface area contributed by atoms with E-state index in [4.69, 9.17) is 11.6 Å². The van der Waals surface area contributed by atoms with Crippen LogP contribution in [-0.2, 0) is 9.59 Å². The number of nitrogens with zero attached hydrogens (tertiary/aromatic N) is 1. The second-order valence-electron chi connectivity index (χ2n) is 7.82. The molecule has 7 heteroatoms. The fraction of sp³-hybridized carbons (Fsp3) is 0.333. The highest BCUT2D eigenvalue weighted by Gasteiger charge is 2.57. The van der Waals surface area contributed by atoms with E-state index in [0.717, 1.165) is 0 Å². The van der Waals surface area contributed by atoms with E-state index in [-0.39, 0.29) is 34.6 Å². The second-order valence-corrected chi connectivity index (χ2v) is 8.23. The molecule has 1 spiro atoms. The molecular weight excluding hydrogens is 380 g/mol. The van der Waals surface area contributed by atoms with E-state index >= 15 is 0 Å². The summed E-state index contributed by atoms with van der Waals surface area (Å²) in [6.45, 7) is 0. The number of nitrogens with one attached hydrogen (secondary N) is 1. The Hall–Kier alpha value is -2.73. The second kappa shape index (κ2) is 5.88. The van der Waals surface area contributed by atoms with Crippen LogP contribution in [0.5, 0.6) is 0 Å². The van der Waals surface area contributed by atoms with Crippen LogP contribution in [0.1, 0.15) is 46.4 Å². The standard InChI is InChI=1S/C21H17ClN2O4/c22-15-8-7-14-16(17(15)25)21(23-18(14)26)9-3-4-11(10-21)24-19(27)12-5-1-2-6-13(12)20(24)28/h1-2,5-8,11,16H,3-4,9-10H2,(H,23,26)/t11-,16?,21?/m0/s1. The van der Waals surface area contributed by atoms with Crippen LogP contribution in [-0.4, -0.2) is 40.0 Å². The Morgan fingerprint density at radius 2 is 1.71 bits per heavy atom. The number of benzene rings is 1. The van der Waals surface area contributed by atoms with Crippen molar-refractivity contribution in [2.24, 2.45) is 5.92 Å². The van der Waals surface area contributed by atoms with E-state index in [9.17, 15) is 19.2 Å². The summed E-state index contributed by atoms with van der Waals surface area (Å²) in [5.41, 5.74) is 0.412. The van der Waals surface area contributed by atoms with E-state index in [1.165, 1.54) is 11.0 Å².